The van der Waals surface area contributed by atoms with Crippen LogP contribution in [0.1, 0.15) is 36.8 Å². The Morgan fingerprint density at radius 2 is 1.79 bits per heavy atom. The third-order valence-electron chi connectivity index (χ3n) is 4.46. The average molecular weight is 332 g/mol. The van der Waals surface area contributed by atoms with Crippen molar-refractivity contribution in [2.75, 3.05) is 18.5 Å². The molecule has 2 N–H and O–H groups in total. The molecule has 2 fully saturated rings. The Bertz CT molecular complexity index is 618. The SMILES string of the molecule is Cc1cc(C)cc(NC(=O)C(=O)NC[C@@H]2COC3(CCCC3)O2)c1. The number of aryl methyl sites for hydroxylation is 2. The minimum Gasteiger partial charge on any atom is -0.347 e. The van der Waals surface area contributed by atoms with E-state index in [1.165, 1.54) is 0 Å². The Morgan fingerprint density at radius 1 is 1.12 bits per heavy atom. The minimum atomic E-state index is -0.672. The fourth-order valence-electron chi connectivity index (χ4n) is 3.41. The normalized spacial score (nSPS) is 21.8. The zero-order valence-electron chi connectivity index (χ0n) is 14.2. The topological polar surface area (TPSA) is 76.7 Å². The summed E-state index contributed by atoms with van der Waals surface area (Å²) in [6.07, 6.45) is 3.84. The molecule has 1 aromatic rings. The maximum Gasteiger partial charge on any atom is 0.313 e. The van der Waals surface area contributed by atoms with Gasteiger partial charge in [0, 0.05) is 25.1 Å². The Hall–Kier alpha value is -1.92. The van der Waals surface area contributed by atoms with Gasteiger partial charge in [0.15, 0.2) is 5.79 Å². The van der Waals surface area contributed by atoms with Crippen molar-refractivity contribution in [3.05, 3.63) is 29.3 Å². The molecule has 2 amide bonds. The van der Waals surface area contributed by atoms with Crippen LogP contribution >= 0.6 is 0 Å². The van der Waals surface area contributed by atoms with Crippen LogP contribution in [-0.2, 0) is 19.1 Å². The first-order valence-electron chi connectivity index (χ1n) is 8.45. The van der Waals surface area contributed by atoms with E-state index >= 15 is 0 Å². The van der Waals surface area contributed by atoms with Crippen LogP contribution in [0.5, 0.6) is 0 Å². The molecule has 2 aliphatic rings. The van der Waals surface area contributed by atoms with Gasteiger partial charge in [-0.25, -0.2) is 0 Å². The molecule has 1 saturated heterocycles. The monoisotopic (exact) mass is 332 g/mol. The Labute approximate surface area is 141 Å². The number of carbonyl (C=O) groups excluding carboxylic acids is 2. The van der Waals surface area contributed by atoms with E-state index < -0.39 is 17.6 Å². The molecule has 0 aromatic heterocycles. The summed E-state index contributed by atoms with van der Waals surface area (Å²) in [6.45, 7) is 4.62. The van der Waals surface area contributed by atoms with Crippen LogP contribution in [0.15, 0.2) is 18.2 Å². The zero-order valence-corrected chi connectivity index (χ0v) is 14.2. The summed E-state index contributed by atoms with van der Waals surface area (Å²) >= 11 is 0. The van der Waals surface area contributed by atoms with Gasteiger partial charge in [0.1, 0.15) is 6.10 Å². The summed E-state index contributed by atoms with van der Waals surface area (Å²) in [4.78, 5) is 24.0. The van der Waals surface area contributed by atoms with Gasteiger partial charge in [-0.3, -0.25) is 9.59 Å². The van der Waals surface area contributed by atoms with E-state index in [1.54, 1.807) is 0 Å². The minimum absolute atomic E-state index is 0.193. The summed E-state index contributed by atoms with van der Waals surface area (Å²) in [5, 5.41) is 5.25. The first kappa shape index (κ1) is 16.9. The second-order valence-corrected chi connectivity index (χ2v) is 6.71. The summed E-state index contributed by atoms with van der Waals surface area (Å²) in [5.74, 6) is -1.78. The van der Waals surface area contributed by atoms with Crippen molar-refractivity contribution in [2.24, 2.45) is 0 Å². The van der Waals surface area contributed by atoms with Crippen LogP contribution in [0, 0.1) is 13.8 Å². The largest absolute Gasteiger partial charge is 0.347 e. The third-order valence-corrected chi connectivity index (χ3v) is 4.46. The second kappa shape index (κ2) is 6.91. The van der Waals surface area contributed by atoms with Gasteiger partial charge in [-0.1, -0.05) is 6.07 Å². The number of hydrogen-bond donors (Lipinski definition) is 2. The van der Waals surface area contributed by atoms with Crippen molar-refractivity contribution in [2.45, 2.75) is 51.4 Å². The highest BCUT2D eigenvalue weighted by molar-refractivity contribution is 6.39. The summed E-state index contributed by atoms with van der Waals surface area (Å²) in [5.41, 5.74) is 2.69. The molecule has 1 aliphatic carbocycles. The molecule has 1 heterocycles. The lowest BCUT2D eigenvalue weighted by molar-refractivity contribution is -0.161. The molecule has 130 valence electrons. The van der Waals surface area contributed by atoms with Gasteiger partial charge >= 0.3 is 11.8 Å². The van der Waals surface area contributed by atoms with Crippen LogP contribution in [0.25, 0.3) is 0 Å². The highest BCUT2D eigenvalue weighted by Gasteiger charge is 2.43. The number of amides is 2. The molecule has 24 heavy (non-hydrogen) atoms. The number of ether oxygens (including phenoxy) is 2. The van der Waals surface area contributed by atoms with Crippen LogP contribution in [0.3, 0.4) is 0 Å². The van der Waals surface area contributed by atoms with Gasteiger partial charge in [0.25, 0.3) is 0 Å². The molecule has 1 saturated carbocycles. The molecule has 0 bridgehead atoms. The number of benzene rings is 1. The Balaban J connectivity index is 1.47. The van der Waals surface area contributed by atoms with Crippen molar-refractivity contribution < 1.29 is 19.1 Å². The molecule has 3 rings (SSSR count). The van der Waals surface area contributed by atoms with Crippen molar-refractivity contribution in [3.8, 4) is 0 Å². The van der Waals surface area contributed by atoms with Gasteiger partial charge < -0.3 is 20.1 Å². The first-order chi connectivity index (χ1) is 11.5. The molecular formula is C18H24N2O4. The number of rotatable bonds is 3. The summed E-state index contributed by atoms with van der Waals surface area (Å²) < 4.78 is 11.7. The summed E-state index contributed by atoms with van der Waals surface area (Å²) in [6, 6.07) is 5.66. The van der Waals surface area contributed by atoms with Crippen LogP contribution in [-0.4, -0.2) is 36.9 Å². The predicted octanol–water partition coefficient (Wildman–Crippen LogP) is 2.04. The van der Waals surface area contributed by atoms with Crippen molar-refractivity contribution >= 4 is 17.5 Å². The molecule has 1 spiro atoms. The van der Waals surface area contributed by atoms with Gasteiger partial charge in [0.05, 0.1) is 6.61 Å². The van der Waals surface area contributed by atoms with E-state index in [0.717, 1.165) is 36.8 Å². The van der Waals surface area contributed by atoms with Gasteiger partial charge in [-0.2, -0.15) is 0 Å². The maximum atomic E-state index is 12.0. The number of carbonyl (C=O) groups is 2. The molecule has 1 atom stereocenters. The van der Waals surface area contributed by atoms with Crippen molar-refractivity contribution in [1.82, 2.24) is 5.32 Å². The lowest BCUT2D eigenvalue weighted by Crippen LogP contribution is -2.40. The fraction of sp³-hybridized carbons (Fsp3) is 0.556. The molecule has 1 aliphatic heterocycles. The zero-order chi connectivity index (χ0) is 17.2. The van der Waals surface area contributed by atoms with Gasteiger partial charge in [-0.05, 0) is 49.9 Å². The third kappa shape index (κ3) is 3.94. The molecule has 6 heteroatoms. The molecule has 1 aromatic carbocycles. The number of hydrogen-bond acceptors (Lipinski definition) is 4. The van der Waals surface area contributed by atoms with Crippen LogP contribution < -0.4 is 10.6 Å². The van der Waals surface area contributed by atoms with E-state index in [9.17, 15) is 9.59 Å². The van der Waals surface area contributed by atoms with Gasteiger partial charge in [-0.15, -0.1) is 0 Å². The lowest BCUT2D eigenvalue weighted by atomic mass is 10.1. The van der Waals surface area contributed by atoms with E-state index in [0.29, 0.717) is 12.3 Å². The smallest absolute Gasteiger partial charge is 0.313 e. The van der Waals surface area contributed by atoms with Gasteiger partial charge in [0.2, 0.25) is 0 Å². The highest BCUT2D eigenvalue weighted by Crippen LogP contribution is 2.38. The van der Waals surface area contributed by atoms with E-state index in [1.807, 2.05) is 32.0 Å². The molecular weight excluding hydrogens is 308 g/mol. The standard InChI is InChI=1S/C18H24N2O4/c1-12-7-13(2)9-14(8-12)20-17(22)16(21)19-10-15-11-23-18(24-15)5-3-4-6-18/h7-9,15H,3-6,10-11H2,1-2H3,(H,19,21)(H,20,22)/t15-/m1/s1. The Kier molecular flexibility index (Phi) is 4.87. The molecule has 6 nitrogen and oxygen atoms in total. The predicted molar refractivity (Wildman–Crippen MR) is 89.6 cm³/mol. The van der Waals surface area contributed by atoms with E-state index in [4.69, 9.17) is 9.47 Å². The number of anilines is 1. The quantitative estimate of drug-likeness (QED) is 0.831. The first-order valence-corrected chi connectivity index (χ1v) is 8.45. The maximum absolute atomic E-state index is 12.0. The molecule has 0 unspecified atom stereocenters. The van der Waals surface area contributed by atoms with Crippen molar-refractivity contribution in [1.29, 1.82) is 0 Å². The number of nitrogens with one attached hydrogen (secondary N) is 2. The lowest BCUT2D eigenvalue weighted by Gasteiger charge is -2.21. The second-order valence-electron chi connectivity index (χ2n) is 6.71. The average Bonchev–Trinajstić information content (AvgIpc) is 3.14. The highest BCUT2D eigenvalue weighted by atomic mass is 16.7. The van der Waals surface area contributed by atoms with Crippen molar-refractivity contribution in [3.63, 3.8) is 0 Å². The van der Waals surface area contributed by atoms with E-state index in [-0.39, 0.29) is 12.6 Å². The fourth-order valence-corrected chi connectivity index (χ4v) is 3.41. The van der Waals surface area contributed by atoms with Crippen LogP contribution in [0.2, 0.25) is 0 Å². The molecule has 0 radical (unpaired) electrons. The van der Waals surface area contributed by atoms with E-state index in [2.05, 4.69) is 10.6 Å². The summed E-state index contributed by atoms with van der Waals surface area (Å²) in [7, 11) is 0. The Morgan fingerprint density at radius 3 is 2.46 bits per heavy atom. The van der Waals surface area contributed by atoms with Crippen LogP contribution in [0.4, 0.5) is 5.69 Å².